The molecule has 32 heavy (non-hydrogen) atoms. The molecule has 4 N–H and O–H groups in total. The Morgan fingerprint density at radius 1 is 1.09 bits per heavy atom. The molecule has 1 fully saturated rings. The monoisotopic (exact) mass is 439 g/mol. The van der Waals surface area contributed by atoms with Crippen molar-refractivity contribution >= 4 is 11.9 Å². The third-order valence-corrected chi connectivity index (χ3v) is 5.84. The van der Waals surface area contributed by atoms with Gasteiger partial charge in [-0.3, -0.25) is 14.7 Å². The number of hydrogen-bond donors (Lipinski definition) is 3. The molecule has 1 saturated heterocycles. The predicted molar refractivity (Wildman–Crippen MR) is 127 cm³/mol. The molecule has 1 aliphatic rings. The first-order chi connectivity index (χ1) is 15.6. The molecule has 1 aliphatic heterocycles. The Hall–Kier alpha value is -2.93. The zero-order valence-corrected chi connectivity index (χ0v) is 18.8. The van der Waals surface area contributed by atoms with Crippen LogP contribution in [-0.4, -0.2) is 49.5 Å². The third kappa shape index (κ3) is 7.05. The van der Waals surface area contributed by atoms with Gasteiger partial charge in [-0.25, -0.2) is 4.39 Å². The first-order valence-corrected chi connectivity index (χ1v) is 11.4. The number of nitrogens with zero attached hydrogens (tertiary/aromatic N) is 2. The molecule has 2 unspecified atom stereocenters. The summed E-state index contributed by atoms with van der Waals surface area (Å²) in [5.41, 5.74) is 7.77. The van der Waals surface area contributed by atoms with E-state index in [2.05, 4.69) is 44.8 Å². The lowest BCUT2D eigenvalue weighted by Gasteiger charge is -2.29. The maximum atomic E-state index is 13.2. The average Bonchev–Trinajstić information content (AvgIpc) is 3.33. The van der Waals surface area contributed by atoms with Crippen molar-refractivity contribution in [3.05, 3.63) is 71.5 Å². The van der Waals surface area contributed by atoms with Crippen molar-refractivity contribution in [3.8, 4) is 0 Å². The Balaban J connectivity index is 1.66. The highest BCUT2D eigenvalue weighted by atomic mass is 19.1. The zero-order valence-electron chi connectivity index (χ0n) is 18.8. The number of hydrogen-bond acceptors (Lipinski definition) is 3. The Labute approximate surface area is 190 Å². The standard InChI is InChI=1S/C25H34FN5O/c1-2-28-25(29-17-21(24(27)32)16-19-10-12-22(26)13-11-19)30-18-23(31-14-6-7-15-31)20-8-4-3-5-9-20/h3-5,8-13,21,23H,2,6-7,14-18H2,1H3,(H2,27,32)(H2,28,29,30). The molecule has 0 spiro atoms. The fourth-order valence-electron chi connectivity index (χ4n) is 4.08. The minimum atomic E-state index is -0.459. The number of likely N-dealkylation sites (tertiary alicyclic amines) is 1. The Kier molecular flexibility index (Phi) is 9.04. The summed E-state index contributed by atoms with van der Waals surface area (Å²) in [6.45, 7) is 5.89. The van der Waals surface area contributed by atoms with E-state index < -0.39 is 11.8 Å². The number of halogens is 1. The molecular weight excluding hydrogens is 405 g/mol. The summed E-state index contributed by atoms with van der Waals surface area (Å²) in [6.07, 6.45) is 2.88. The van der Waals surface area contributed by atoms with Gasteiger partial charge in [-0.05, 0) is 62.5 Å². The molecule has 0 aromatic heterocycles. The highest BCUT2D eigenvalue weighted by molar-refractivity contribution is 5.81. The van der Waals surface area contributed by atoms with Gasteiger partial charge in [0.25, 0.3) is 0 Å². The number of nitrogens with two attached hydrogens (primary N) is 1. The Morgan fingerprint density at radius 3 is 2.41 bits per heavy atom. The van der Waals surface area contributed by atoms with E-state index in [4.69, 9.17) is 5.73 Å². The quantitative estimate of drug-likeness (QED) is 0.393. The van der Waals surface area contributed by atoms with Crippen LogP contribution < -0.4 is 16.4 Å². The minimum Gasteiger partial charge on any atom is -0.369 e. The second-order valence-electron chi connectivity index (χ2n) is 8.20. The number of carbonyl (C=O) groups is 1. The highest BCUT2D eigenvalue weighted by Gasteiger charge is 2.23. The van der Waals surface area contributed by atoms with Gasteiger partial charge in [0.1, 0.15) is 5.82 Å². The van der Waals surface area contributed by atoms with E-state index in [9.17, 15) is 9.18 Å². The van der Waals surface area contributed by atoms with Crippen LogP contribution in [0.3, 0.4) is 0 Å². The van der Waals surface area contributed by atoms with Crippen LogP contribution in [0, 0.1) is 11.7 Å². The van der Waals surface area contributed by atoms with E-state index in [0.29, 0.717) is 18.9 Å². The number of benzene rings is 2. The molecule has 0 aliphatic carbocycles. The summed E-state index contributed by atoms with van der Waals surface area (Å²) in [5, 5.41) is 6.72. The summed E-state index contributed by atoms with van der Waals surface area (Å²) in [4.78, 5) is 19.1. The Bertz CT molecular complexity index is 866. The van der Waals surface area contributed by atoms with E-state index in [0.717, 1.165) is 25.2 Å². The molecule has 0 saturated carbocycles. The van der Waals surface area contributed by atoms with E-state index in [-0.39, 0.29) is 18.4 Å². The van der Waals surface area contributed by atoms with Gasteiger partial charge in [0.05, 0.1) is 18.5 Å². The van der Waals surface area contributed by atoms with Crippen molar-refractivity contribution in [2.75, 3.05) is 32.7 Å². The smallest absolute Gasteiger partial charge is 0.222 e. The second-order valence-corrected chi connectivity index (χ2v) is 8.20. The maximum absolute atomic E-state index is 13.2. The molecule has 3 rings (SSSR count). The molecular formula is C25H34FN5O. The molecule has 6 nitrogen and oxygen atoms in total. The molecule has 7 heteroatoms. The second kappa shape index (κ2) is 12.2. The first kappa shape index (κ1) is 23.7. The molecule has 172 valence electrons. The summed E-state index contributed by atoms with van der Waals surface area (Å²) < 4.78 is 13.2. The van der Waals surface area contributed by atoms with Crippen LogP contribution in [0.2, 0.25) is 0 Å². The molecule has 1 heterocycles. The maximum Gasteiger partial charge on any atom is 0.222 e. The molecule has 0 radical (unpaired) electrons. The van der Waals surface area contributed by atoms with E-state index in [1.54, 1.807) is 12.1 Å². The van der Waals surface area contributed by atoms with Crippen molar-refractivity contribution in [1.82, 2.24) is 15.5 Å². The van der Waals surface area contributed by atoms with Gasteiger partial charge in [-0.2, -0.15) is 0 Å². The lowest BCUT2D eigenvalue weighted by atomic mass is 9.99. The fraction of sp³-hybridized carbons (Fsp3) is 0.440. The van der Waals surface area contributed by atoms with Gasteiger partial charge in [0.15, 0.2) is 5.96 Å². The van der Waals surface area contributed by atoms with Gasteiger partial charge >= 0.3 is 0 Å². The number of guanidine groups is 1. The zero-order chi connectivity index (χ0) is 22.8. The molecule has 2 atom stereocenters. The third-order valence-electron chi connectivity index (χ3n) is 5.84. The van der Waals surface area contributed by atoms with Crippen molar-refractivity contribution < 1.29 is 9.18 Å². The minimum absolute atomic E-state index is 0.258. The van der Waals surface area contributed by atoms with Crippen LogP contribution in [0.5, 0.6) is 0 Å². The SMILES string of the molecule is CCNC(=NCC(Cc1ccc(F)cc1)C(N)=O)NCC(c1ccccc1)N1CCCC1. The Morgan fingerprint density at radius 2 is 1.78 bits per heavy atom. The van der Waals surface area contributed by atoms with Crippen LogP contribution in [0.15, 0.2) is 59.6 Å². The summed E-state index contributed by atoms with van der Waals surface area (Å²) in [6, 6.07) is 16.9. The predicted octanol–water partition coefficient (Wildman–Crippen LogP) is 2.86. The van der Waals surface area contributed by atoms with E-state index in [1.165, 1.54) is 30.5 Å². The van der Waals surface area contributed by atoms with Gasteiger partial charge in [0.2, 0.25) is 5.91 Å². The van der Waals surface area contributed by atoms with Crippen molar-refractivity contribution in [1.29, 1.82) is 0 Å². The fourth-order valence-corrected chi connectivity index (χ4v) is 4.08. The number of aliphatic imine (C=N–C) groups is 1. The number of nitrogens with one attached hydrogen (secondary N) is 2. The van der Waals surface area contributed by atoms with Gasteiger partial charge in [-0.15, -0.1) is 0 Å². The van der Waals surface area contributed by atoms with Crippen LogP contribution in [0.25, 0.3) is 0 Å². The van der Waals surface area contributed by atoms with Crippen molar-refractivity contribution in [2.24, 2.45) is 16.6 Å². The van der Waals surface area contributed by atoms with Gasteiger partial charge < -0.3 is 16.4 Å². The first-order valence-electron chi connectivity index (χ1n) is 11.4. The molecule has 0 bridgehead atoms. The highest BCUT2D eigenvalue weighted by Crippen LogP contribution is 2.24. The normalized spacial score (nSPS) is 16.5. The molecule has 2 aromatic carbocycles. The largest absolute Gasteiger partial charge is 0.369 e. The number of primary amides is 1. The number of rotatable bonds is 10. The van der Waals surface area contributed by atoms with Gasteiger partial charge in [0, 0.05) is 13.1 Å². The topological polar surface area (TPSA) is 82.7 Å². The van der Waals surface area contributed by atoms with Crippen molar-refractivity contribution in [3.63, 3.8) is 0 Å². The van der Waals surface area contributed by atoms with Gasteiger partial charge in [-0.1, -0.05) is 42.5 Å². The lowest BCUT2D eigenvalue weighted by molar-refractivity contribution is -0.121. The van der Waals surface area contributed by atoms with Crippen LogP contribution in [-0.2, 0) is 11.2 Å². The summed E-state index contributed by atoms with van der Waals surface area (Å²) in [7, 11) is 0. The van der Waals surface area contributed by atoms with Crippen LogP contribution in [0.4, 0.5) is 4.39 Å². The number of carbonyl (C=O) groups excluding carboxylic acids is 1. The average molecular weight is 440 g/mol. The molecule has 2 aromatic rings. The van der Waals surface area contributed by atoms with Crippen LogP contribution >= 0.6 is 0 Å². The van der Waals surface area contributed by atoms with E-state index >= 15 is 0 Å². The summed E-state index contributed by atoms with van der Waals surface area (Å²) >= 11 is 0. The van der Waals surface area contributed by atoms with E-state index in [1.807, 2.05) is 13.0 Å². The number of amides is 1. The van der Waals surface area contributed by atoms with Crippen LogP contribution in [0.1, 0.15) is 36.9 Å². The van der Waals surface area contributed by atoms with Crippen molar-refractivity contribution in [2.45, 2.75) is 32.2 Å². The molecule has 1 amide bonds. The lowest BCUT2D eigenvalue weighted by Crippen LogP contribution is -2.43. The summed E-state index contributed by atoms with van der Waals surface area (Å²) in [5.74, 6) is -0.502.